The third-order valence-electron chi connectivity index (χ3n) is 4.75. The summed E-state index contributed by atoms with van der Waals surface area (Å²) in [4.78, 5) is 21.8. The van der Waals surface area contributed by atoms with Crippen molar-refractivity contribution in [3.05, 3.63) is 69.1 Å². The van der Waals surface area contributed by atoms with Crippen molar-refractivity contribution in [2.75, 3.05) is 5.32 Å². The number of rotatable bonds is 3. The van der Waals surface area contributed by atoms with E-state index < -0.39 is 0 Å². The highest BCUT2D eigenvalue weighted by atomic mass is 35.5. The first kappa shape index (κ1) is 19.8. The molecule has 0 bridgehead atoms. The monoisotopic (exact) mass is 469 g/mol. The van der Waals surface area contributed by atoms with E-state index in [1.54, 1.807) is 55.6 Å². The zero-order valence-corrected chi connectivity index (χ0v) is 18.3. The molecule has 0 unspecified atom stereocenters. The molecule has 0 aliphatic heterocycles. The Balaban J connectivity index is 1.52. The topological polar surface area (TPSA) is 88.3 Å². The van der Waals surface area contributed by atoms with Crippen LogP contribution >= 0.6 is 34.5 Å². The first-order valence-electron chi connectivity index (χ1n) is 9.15. The predicted molar refractivity (Wildman–Crippen MR) is 123 cm³/mol. The van der Waals surface area contributed by atoms with E-state index in [4.69, 9.17) is 27.6 Å². The number of halogens is 2. The SMILES string of the molecule is Cc1cc(NC(=O)c2sc3cc(Cl)ccc3c2Cl)cc(-c2nc3ncccc3o2)c1O. The van der Waals surface area contributed by atoms with E-state index in [1.807, 2.05) is 0 Å². The number of benzene rings is 2. The van der Waals surface area contributed by atoms with Crippen LogP contribution in [0.1, 0.15) is 15.2 Å². The molecule has 9 heteroatoms. The third kappa shape index (κ3) is 3.50. The molecule has 0 saturated carbocycles. The molecule has 0 aliphatic rings. The van der Waals surface area contributed by atoms with E-state index in [1.165, 1.54) is 11.3 Å². The van der Waals surface area contributed by atoms with Crippen LogP contribution in [0.25, 0.3) is 32.8 Å². The van der Waals surface area contributed by atoms with Gasteiger partial charge in [-0.3, -0.25) is 4.79 Å². The van der Waals surface area contributed by atoms with Crippen molar-refractivity contribution < 1.29 is 14.3 Å². The second-order valence-electron chi connectivity index (χ2n) is 6.87. The fraction of sp³-hybridized carbons (Fsp3) is 0.0455. The Bertz CT molecular complexity index is 1460. The summed E-state index contributed by atoms with van der Waals surface area (Å²) in [6.07, 6.45) is 1.61. The number of aromatic hydroxyl groups is 1. The van der Waals surface area contributed by atoms with Gasteiger partial charge in [0.2, 0.25) is 5.89 Å². The number of nitrogens with zero attached hydrogens (tertiary/aromatic N) is 2. The normalized spacial score (nSPS) is 11.3. The Labute approximate surface area is 190 Å². The number of oxazole rings is 1. The van der Waals surface area contributed by atoms with Gasteiger partial charge in [-0.05, 0) is 48.9 Å². The van der Waals surface area contributed by atoms with E-state index in [0.717, 1.165) is 10.1 Å². The van der Waals surface area contributed by atoms with Crippen LogP contribution in [0, 0.1) is 6.92 Å². The van der Waals surface area contributed by atoms with Crippen LogP contribution in [0.15, 0.2) is 53.1 Å². The van der Waals surface area contributed by atoms with Crippen molar-refractivity contribution in [1.82, 2.24) is 9.97 Å². The van der Waals surface area contributed by atoms with Gasteiger partial charge in [0.15, 0.2) is 11.2 Å². The average Bonchev–Trinajstić information content (AvgIpc) is 3.31. The number of pyridine rings is 1. The Kier molecular flexibility index (Phi) is 4.81. The number of aryl methyl sites for hydroxylation is 1. The standard InChI is InChI=1S/C22H13Cl2N3O3S/c1-10-7-12(9-14(18(10)28)22-27-20-15(30-22)3-2-6-25-20)26-21(29)19-17(24)13-5-4-11(23)8-16(13)31-19/h2-9,28H,1H3,(H,26,29). The minimum absolute atomic E-state index is 0.0130. The molecule has 0 saturated heterocycles. The van der Waals surface area contributed by atoms with Crippen molar-refractivity contribution >= 4 is 67.4 Å². The minimum Gasteiger partial charge on any atom is -0.507 e. The molecule has 0 spiro atoms. The Morgan fingerprint density at radius 2 is 2.03 bits per heavy atom. The molecule has 6 nitrogen and oxygen atoms in total. The smallest absolute Gasteiger partial charge is 0.267 e. The van der Waals surface area contributed by atoms with E-state index in [9.17, 15) is 9.90 Å². The number of carbonyl (C=O) groups excluding carboxylic acids is 1. The minimum atomic E-state index is -0.363. The van der Waals surface area contributed by atoms with Crippen LogP contribution in [0.2, 0.25) is 10.0 Å². The molecule has 2 N–H and O–H groups in total. The Morgan fingerprint density at radius 3 is 2.84 bits per heavy atom. The van der Waals surface area contributed by atoms with E-state index in [2.05, 4.69) is 15.3 Å². The molecule has 0 radical (unpaired) electrons. The third-order valence-corrected chi connectivity index (χ3v) is 6.64. The molecule has 0 aliphatic carbocycles. The molecular formula is C22H13Cl2N3O3S. The van der Waals surface area contributed by atoms with Crippen molar-refractivity contribution in [1.29, 1.82) is 0 Å². The van der Waals surface area contributed by atoms with Crippen molar-refractivity contribution in [2.45, 2.75) is 6.92 Å². The van der Waals surface area contributed by atoms with Gasteiger partial charge in [-0.15, -0.1) is 11.3 Å². The van der Waals surface area contributed by atoms with E-state index in [-0.39, 0.29) is 17.5 Å². The number of carbonyl (C=O) groups is 1. The number of hydrogen-bond donors (Lipinski definition) is 2. The van der Waals surface area contributed by atoms with Crippen LogP contribution < -0.4 is 5.32 Å². The van der Waals surface area contributed by atoms with Gasteiger partial charge in [0.05, 0.1) is 10.6 Å². The summed E-state index contributed by atoms with van der Waals surface area (Å²) in [7, 11) is 0. The number of fused-ring (bicyclic) bond motifs is 2. The van der Waals surface area contributed by atoms with Gasteiger partial charge in [-0.1, -0.05) is 29.3 Å². The zero-order valence-electron chi connectivity index (χ0n) is 15.9. The summed E-state index contributed by atoms with van der Waals surface area (Å²) in [6, 6.07) is 12.0. The highest BCUT2D eigenvalue weighted by molar-refractivity contribution is 7.21. The summed E-state index contributed by atoms with van der Waals surface area (Å²) >= 11 is 13.7. The molecule has 154 valence electrons. The molecule has 2 aromatic carbocycles. The van der Waals surface area contributed by atoms with Gasteiger partial charge < -0.3 is 14.8 Å². The van der Waals surface area contributed by atoms with Gasteiger partial charge >= 0.3 is 0 Å². The first-order valence-corrected chi connectivity index (χ1v) is 10.7. The van der Waals surface area contributed by atoms with Gasteiger partial charge in [0, 0.05) is 27.0 Å². The lowest BCUT2D eigenvalue weighted by molar-refractivity contribution is 0.103. The fourth-order valence-electron chi connectivity index (χ4n) is 3.27. The maximum absolute atomic E-state index is 12.9. The predicted octanol–water partition coefficient (Wildman–Crippen LogP) is 6.68. The summed E-state index contributed by atoms with van der Waals surface area (Å²) in [5.74, 6) is -0.142. The van der Waals surface area contributed by atoms with Crippen LogP contribution in [-0.4, -0.2) is 21.0 Å². The zero-order chi connectivity index (χ0) is 21.7. The highest BCUT2D eigenvalue weighted by Crippen LogP contribution is 2.39. The number of nitrogens with one attached hydrogen (secondary N) is 1. The summed E-state index contributed by atoms with van der Waals surface area (Å²) in [6.45, 7) is 1.73. The average molecular weight is 470 g/mol. The number of thiophene rings is 1. The van der Waals surface area contributed by atoms with E-state index in [0.29, 0.717) is 43.0 Å². The van der Waals surface area contributed by atoms with Crippen LogP contribution in [0.3, 0.4) is 0 Å². The van der Waals surface area contributed by atoms with Gasteiger partial charge in [0.1, 0.15) is 10.6 Å². The molecule has 0 atom stereocenters. The van der Waals surface area contributed by atoms with Gasteiger partial charge in [-0.25, -0.2) is 4.98 Å². The van der Waals surface area contributed by atoms with Crippen molar-refractivity contribution in [3.63, 3.8) is 0 Å². The quantitative estimate of drug-likeness (QED) is 0.287. The van der Waals surface area contributed by atoms with Gasteiger partial charge in [-0.2, -0.15) is 4.98 Å². The van der Waals surface area contributed by atoms with Crippen molar-refractivity contribution in [2.24, 2.45) is 0 Å². The molecular weight excluding hydrogens is 457 g/mol. The summed E-state index contributed by atoms with van der Waals surface area (Å²) in [5.41, 5.74) is 2.30. The number of hydrogen-bond acceptors (Lipinski definition) is 6. The lowest BCUT2D eigenvalue weighted by Crippen LogP contribution is -2.11. The molecule has 1 amide bonds. The number of phenols is 1. The van der Waals surface area contributed by atoms with E-state index >= 15 is 0 Å². The van der Waals surface area contributed by atoms with Crippen molar-refractivity contribution in [3.8, 4) is 17.2 Å². The first-order chi connectivity index (χ1) is 14.9. The second-order valence-corrected chi connectivity index (χ2v) is 8.74. The maximum atomic E-state index is 12.9. The number of amides is 1. The Morgan fingerprint density at radius 1 is 1.19 bits per heavy atom. The molecule has 5 aromatic rings. The fourth-order valence-corrected chi connectivity index (χ4v) is 4.96. The molecule has 5 rings (SSSR count). The van der Waals surface area contributed by atoms with Gasteiger partial charge in [0.25, 0.3) is 5.91 Å². The van der Waals surface area contributed by atoms with Crippen LogP contribution in [-0.2, 0) is 0 Å². The Hall–Kier alpha value is -3.13. The molecule has 31 heavy (non-hydrogen) atoms. The number of phenolic OH excluding ortho intramolecular Hbond substituents is 1. The second kappa shape index (κ2) is 7.53. The molecule has 3 heterocycles. The maximum Gasteiger partial charge on any atom is 0.267 e. The van der Waals surface area contributed by atoms with Crippen LogP contribution in [0.4, 0.5) is 5.69 Å². The lowest BCUT2D eigenvalue weighted by Gasteiger charge is -2.10. The highest BCUT2D eigenvalue weighted by Gasteiger charge is 2.20. The largest absolute Gasteiger partial charge is 0.507 e. The number of aromatic nitrogens is 2. The summed E-state index contributed by atoms with van der Waals surface area (Å²) < 4.78 is 6.55. The molecule has 3 aromatic heterocycles. The molecule has 0 fully saturated rings. The van der Waals surface area contributed by atoms with Crippen LogP contribution in [0.5, 0.6) is 5.75 Å². The summed E-state index contributed by atoms with van der Waals surface area (Å²) in [5, 5.41) is 15.1. The number of anilines is 1. The lowest BCUT2D eigenvalue weighted by atomic mass is 10.1.